The minimum absolute atomic E-state index is 0.495. The quantitative estimate of drug-likeness (QED) is 0.259. The summed E-state index contributed by atoms with van der Waals surface area (Å²) in [6, 6.07) is 5.73. The van der Waals surface area contributed by atoms with E-state index in [1.54, 1.807) is 6.92 Å². The van der Waals surface area contributed by atoms with E-state index in [-0.39, 0.29) is 0 Å². The molecule has 7 nitrogen and oxygen atoms in total. The first-order valence-corrected chi connectivity index (χ1v) is 6.20. The third-order valence-corrected chi connectivity index (χ3v) is 2.75. The lowest BCUT2D eigenvalue weighted by Gasteiger charge is -1.94. The van der Waals surface area contributed by atoms with E-state index in [4.69, 9.17) is 0 Å². The number of imidazole rings is 1. The molecule has 0 spiro atoms. The van der Waals surface area contributed by atoms with Gasteiger partial charge in [-0.3, -0.25) is 0 Å². The van der Waals surface area contributed by atoms with Crippen molar-refractivity contribution in [1.29, 1.82) is 0 Å². The molecule has 0 radical (unpaired) electrons. The molecule has 0 saturated heterocycles. The Balaban J connectivity index is 2.21. The van der Waals surface area contributed by atoms with Crippen LogP contribution in [0.4, 0.5) is 5.95 Å². The van der Waals surface area contributed by atoms with Crippen molar-refractivity contribution in [2.45, 2.75) is 6.92 Å². The van der Waals surface area contributed by atoms with Crippen molar-refractivity contribution in [3.8, 4) is 0 Å². The zero-order valence-corrected chi connectivity index (χ0v) is 12.1. The second-order valence-electron chi connectivity index (χ2n) is 4.44. The topological polar surface area (TPSA) is 63.2 Å². The number of hydrogen-bond donors (Lipinski definition) is 0. The number of nitrogens with zero attached hydrogens (tertiary/aromatic N) is 7. The first kappa shape index (κ1) is 13.9. The lowest BCUT2D eigenvalue weighted by atomic mass is 10.5. The Hall–Kier alpha value is -2.57. The molecule has 0 atom stereocenters. The highest BCUT2D eigenvalue weighted by atomic mass is 15.3. The van der Waals surface area contributed by atoms with Gasteiger partial charge in [-0.05, 0) is 12.1 Å². The number of pyridine rings is 1. The van der Waals surface area contributed by atoms with Gasteiger partial charge in [-0.15, -0.1) is 10.2 Å². The minimum atomic E-state index is 0.495. The van der Waals surface area contributed by atoms with Gasteiger partial charge in [0.2, 0.25) is 0 Å². The van der Waals surface area contributed by atoms with Crippen molar-refractivity contribution in [2.75, 3.05) is 0 Å². The standard InChI is InChI=1S/C13H18N7/c1-11(14-16-12-7-5-6-8-18(12)2)15-17-13-19(3)9-10-20(13)4/h5-10H,1-4H3/q+1. The van der Waals surface area contributed by atoms with Crippen LogP contribution < -0.4 is 10.1 Å². The Bertz CT molecular complexity index is 699. The van der Waals surface area contributed by atoms with E-state index >= 15 is 0 Å². The Kier molecular flexibility index (Phi) is 4.19. The summed E-state index contributed by atoms with van der Waals surface area (Å²) in [4.78, 5) is 0. The summed E-state index contributed by atoms with van der Waals surface area (Å²) in [6.45, 7) is 1.76. The molecular formula is C13H18N7+. The fourth-order valence-electron chi connectivity index (χ4n) is 1.60. The highest BCUT2D eigenvalue weighted by molar-refractivity contribution is 5.79. The predicted molar refractivity (Wildman–Crippen MR) is 75.2 cm³/mol. The monoisotopic (exact) mass is 272 g/mol. The molecule has 2 heterocycles. The van der Waals surface area contributed by atoms with E-state index in [1.807, 2.05) is 71.6 Å². The van der Waals surface area contributed by atoms with Gasteiger partial charge < -0.3 is 4.57 Å². The summed E-state index contributed by atoms with van der Waals surface area (Å²) in [5, 5.41) is 16.4. The number of amidine groups is 1. The summed E-state index contributed by atoms with van der Waals surface area (Å²) >= 11 is 0. The molecule has 0 aliphatic carbocycles. The van der Waals surface area contributed by atoms with Crippen LogP contribution in [0.3, 0.4) is 0 Å². The number of rotatable bonds is 2. The molecular weight excluding hydrogens is 254 g/mol. The van der Waals surface area contributed by atoms with Crippen LogP contribution in [0.5, 0.6) is 0 Å². The summed E-state index contributed by atoms with van der Waals surface area (Å²) in [5.74, 6) is 1.24. The lowest BCUT2D eigenvalue weighted by molar-refractivity contribution is -0.657. The lowest BCUT2D eigenvalue weighted by Crippen LogP contribution is -2.25. The van der Waals surface area contributed by atoms with Gasteiger partial charge in [0.05, 0.1) is 26.5 Å². The van der Waals surface area contributed by atoms with Gasteiger partial charge in [-0.25, -0.2) is 9.13 Å². The Labute approximate surface area is 117 Å². The molecule has 2 aromatic rings. The third-order valence-electron chi connectivity index (χ3n) is 2.75. The molecule has 2 aromatic heterocycles. The molecule has 0 unspecified atom stereocenters. The van der Waals surface area contributed by atoms with E-state index in [0.717, 1.165) is 11.4 Å². The Morgan fingerprint density at radius 3 is 2.60 bits per heavy atom. The van der Waals surface area contributed by atoms with Crippen molar-refractivity contribution in [2.24, 2.45) is 41.6 Å². The van der Waals surface area contributed by atoms with E-state index in [0.29, 0.717) is 5.84 Å². The van der Waals surface area contributed by atoms with Crippen LogP contribution in [0, 0.1) is 0 Å². The van der Waals surface area contributed by atoms with Gasteiger partial charge in [-0.1, -0.05) is 11.2 Å². The zero-order valence-electron chi connectivity index (χ0n) is 12.1. The van der Waals surface area contributed by atoms with Crippen LogP contribution in [0.2, 0.25) is 0 Å². The molecule has 104 valence electrons. The van der Waals surface area contributed by atoms with Gasteiger partial charge >= 0.3 is 5.95 Å². The minimum Gasteiger partial charge on any atom is -0.335 e. The van der Waals surface area contributed by atoms with Gasteiger partial charge in [0, 0.05) is 25.3 Å². The predicted octanol–water partition coefficient (Wildman–Crippen LogP) is 1.21. The molecule has 0 aliphatic heterocycles. The smallest absolute Gasteiger partial charge is 0.335 e. The van der Waals surface area contributed by atoms with Gasteiger partial charge in [-0.2, -0.15) is 0 Å². The fourth-order valence-corrected chi connectivity index (χ4v) is 1.60. The van der Waals surface area contributed by atoms with E-state index in [2.05, 4.69) is 20.4 Å². The highest BCUT2D eigenvalue weighted by Crippen LogP contribution is 2.03. The number of aromatic nitrogens is 3. The number of hydrogen-bond acceptors (Lipinski definition) is 3. The van der Waals surface area contributed by atoms with Gasteiger partial charge in [0.1, 0.15) is 0 Å². The van der Waals surface area contributed by atoms with Crippen molar-refractivity contribution in [1.82, 2.24) is 9.13 Å². The van der Waals surface area contributed by atoms with Gasteiger partial charge in [0.25, 0.3) is 0 Å². The van der Waals surface area contributed by atoms with E-state index in [9.17, 15) is 0 Å². The van der Waals surface area contributed by atoms with E-state index in [1.165, 1.54) is 0 Å². The summed E-state index contributed by atoms with van der Waals surface area (Å²) < 4.78 is 5.64. The largest absolute Gasteiger partial charge is 0.421 e. The average molecular weight is 272 g/mol. The SMILES string of the molecule is CC(N=Nc1n(C)cc[n+]1C)=NN=c1ccccn1C. The summed E-state index contributed by atoms with van der Waals surface area (Å²) in [7, 11) is 5.74. The van der Waals surface area contributed by atoms with Crippen LogP contribution in [0.1, 0.15) is 6.92 Å². The maximum absolute atomic E-state index is 4.15. The second kappa shape index (κ2) is 6.05. The summed E-state index contributed by atoms with van der Waals surface area (Å²) in [5.41, 5.74) is 0.756. The van der Waals surface area contributed by atoms with E-state index < -0.39 is 0 Å². The highest BCUT2D eigenvalue weighted by Gasteiger charge is 2.10. The molecule has 0 fully saturated rings. The first-order chi connectivity index (χ1) is 9.58. The van der Waals surface area contributed by atoms with Crippen LogP contribution >= 0.6 is 0 Å². The van der Waals surface area contributed by atoms with Crippen molar-refractivity contribution in [3.63, 3.8) is 0 Å². The average Bonchev–Trinajstić information content (AvgIpc) is 2.75. The van der Waals surface area contributed by atoms with Crippen molar-refractivity contribution in [3.05, 3.63) is 42.3 Å². The Morgan fingerprint density at radius 1 is 1.15 bits per heavy atom. The molecule has 7 heteroatoms. The maximum Gasteiger partial charge on any atom is 0.421 e. The second-order valence-corrected chi connectivity index (χ2v) is 4.44. The van der Waals surface area contributed by atoms with Crippen LogP contribution in [0.25, 0.3) is 0 Å². The normalized spacial score (nSPS) is 13.4. The Morgan fingerprint density at radius 2 is 1.95 bits per heavy atom. The first-order valence-electron chi connectivity index (χ1n) is 6.20. The third kappa shape index (κ3) is 3.25. The van der Waals surface area contributed by atoms with Crippen LogP contribution in [0.15, 0.2) is 57.2 Å². The molecule has 20 heavy (non-hydrogen) atoms. The van der Waals surface area contributed by atoms with Crippen molar-refractivity contribution < 1.29 is 4.57 Å². The van der Waals surface area contributed by atoms with Crippen molar-refractivity contribution >= 4 is 11.8 Å². The number of azo groups is 1. The van der Waals surface area contributed by atoms with Crippen LogP contribution in [-0.4, -0.2) is 15.0 Å². The fraction of sp³-hybridized carbons (Fsp3) is 0.308. The van der Waals surface area contributed by atoms with Gasteiger partial charge in [0.15, 0.2) is 11.3 Å². The molecule has 2 rings (SSSR count). The molecule has 0 aromatic carbocycles. The molecule has 0 aliphatic rings. The molecule has 0 saturated carbocycles. The molecule has 0 bridgehead atoms. The maximum atomic E-state index is 4.15. The van der Waals surface area contributed by atoms with Crippen LogP contribution in [-0.2, 0) is 21.1 Å². The summed E-state index contributed by atoms with van der Waals surface area (Å²) in [6.07, 6.45) is 5.74. The zero-order chi connectivity index (χ0) is 14.5. The number of aryl methyl sites for hydroxylation is 3. The molecule has 0 N–H and O–H groups in total. The molecule has 0 amide bonds.